The molecule has 1 aliphatic carbocycles. The molecule has 0 aromatic heterocycles. The van der Waals surface area contributed by atoms with E-state index in [1.165, 1.54) is 0 Å². The average Bonchev–Trinajstić information content (AvgIpc) is 2.98. The Bertz CT molecular complexity index is 212. The highest BCUT2D eigenvalue weighted by Gasteiger charge is 2.44. The van der Waals surface area contributed by atoms with Gasteiger partial charge in [-0.05, 0) is 32.4 Å². The largest absolute Gasteiger partial charge is 0.394 e. The van der Waals surface area contributed by atoms with E-state index in [9.17, 15) is 13.9 Å². The van der Waals surface area contributed by atoms with Crippen molar-refractivity contribution >= 4 is 0 Å². The summed E-state index contributed by atoms with van der Waals surface area (Å²) in [6, 6.07) is 0. The van der Waals surface area contributed by atoms with Gasteiger partial charge in [0.1, 0.15) is 0 Å². The first-order valence-electron chi connectivity index (χ1n) is 5.86. The molecule has 96 valence electrons. The van der Waals surface area contributed by atoms with Gasteiger partial charge in [-0.1, -0.05) is 6.92 Å². The molecule has 1 atom stereocenters. The monoisotopic (exact) mass is 236 g/mol. The van der Waals surface area contributed by atoms with Gasteiger partial charge < -0.3 is 10.4 Å². The fourth-order valence-corrected chi connectivity index (χ4v) is 2.33. The number of aliphatic hydroxyl groups excluding tert-OH is 1. The minimum absolute atomic E-state index is 0.0130. The summed E-state index contributed by atoms with van der Waals surface area (Å²) in [5, 5.41) is 12.8. The predicted molar refractivity (Wildman–Crippen MR) is 59.7 cm³/mol. The molecule has 0 aliphatic heterocycles. The lowest BCUT2D eigenvalue weighted by atomic mass is 9.93. The molecular weight excluding hydrogens is 214 g/mol. The van der Waals surface area contributed by atoms with Crippen LogP contribution in [0.25, 0.3) is 0 Å². The maximum atomic E-state index is 12.2. The summed E-state index contributed by atoms with van der Waals surface area (Å²) in [6.07, 6.45) is -0.159. The zero-order chi connectivity index (χ0) is 12.2. The lowest BCUT2D eigenvalue weighted by molar-refractivity contribution is 0.0592. The van der Waals surface area contributed by atoms with Gasteiger partial charge in [-0.2, -0.15) is 0 Å². The van der Waals surface area contributed by atoms with Crippen LogP contribution in [0, 0.1) is 5.92 Å². The molecule has 1 aliphatic rings. The Morgan fingerprint density at radius 3 is 2.50 bits per heavy atom. The van der Waals surface area contributed by atoms with Crippen molar-refractivity contribution in [3.05, 3.63) is 0 Å². The fourth-order valence-electron chi connectivity index (χ4n) is 2.33. The number of likely N-dealkylation sites (N-methyl/N-ethyl adjacent to an activating group) is 2. The summed E-state index contributed by atoms with van der Waals surface area (Å²) in [5.74, 6) is 0.428. The van der Waals surface area contributed by atoms with Crippen LogP contribution in [0.2, 0.25) is 0 Å². The number of hydrogen-bond acceptors (Lipinski definition) is 3. The summed E-state index contributed by atoms with van der Waals surface area (Å²) in [6.45, 7) is 2.98. The summed E-state index contributed by atoms with van der Waals surface area (Å²) in [7, 11) is 1.68. The lowest BCUT2D eigenvalue weighted by Gasteiger charge is -2.36. The summed E-state index contributed by atoms with van der Waals surface area (Å²) < 4.78 is 24.5. The second-order valence-corrected chi connectivity index (χ2v) is 4.71. The minimum atomic E-state index is -2.32. The van der Waals surface area contributed by atoms with Crippen molar-refractivity contribution in [3.63, 3.8) is 0 Å². The number of rotatable bonds is 8. The van der Waals surface area contributed by atoms with Gasteiger partial charge in [-0.3, -0.25) is 4.90 Å². The normalized spacial score (nSPS) is 20.4. The lowest BCUT2D eigenvalue weighted by Crippen LogP contribution is -2.57. The van der Waals surface area contributed by atoms with Crippen molar-refractivity contribution in [1.82, 2.24) is 10.2 Å². The average molecular weight is 236 g/mol. The first-order chi connectivity index (χ1) is 7.54. The molecule has 1 fully saturated rings. The number of alkyl halides is 2. The zero-order valence-electron chi connectivity index (χ0n) is 10.0. The summed E-state index contributed by atoms with van der Waals surface area (Å²) in [4.78, 5) is 1.60. The Morgan fingerprint density at radius 1 is 1.50 bits per heavy atom. The highest BCUT2D eigenvalue weighted by atomic mass is 19.3. The number of aliphatic hydroxyl groups is 1. The molecule has 2 N–H and O–H groups in total. The molecule has 0 aromatic carbocycles. The molecule has 3 nitrogen and oxygen atoms in total. The van der Waals surface area contributed by atoms with Crippen LogP contribution in [0.1, 0.15) is 19.8 Å². The molecule has 1 saturated carbocycles. The molecule has 0 heterocycles. The third-order valence-corrected chi connectivity index (χ3v) is 3.17. The van der Waals surface area contributed by atoms with Gasteiger partial charge in [0.25, 0.3) is 6.43 Å². The molecule has 0 aromatic rings. The second kappa shape index (κ2) is 5.89. The van der Waals surface area contributed by atoms with Crippen LogP contribution in [-0.4, -0.2) is 55.3 Å². The van der Waals surface area contributed by atoms with Crippen LogP contribution >= 0.6 is 0 Å². The highest BCUT2D eigenvalue weighted by molar-refractivity contribution is 5.02. The van der Waals surface area contributed by atoms with Crippen molar-refractivity contribution < 1.29 is 13.9 Å². The first kappa shape index (κ1) is 13.8. The van der Waals surface area contributed by atoms with E-state index in [-0.39, 0.29) is 13.2 Å². The van der Waals surface area contributed by atoms with Gasteiger partial charge in [0.05, 0.1) is 18.7 Å². The van der Waals surface area contributed by atoms with E-state index < -0.39 is 12.0 Å². The van der Waals surface area contributed by atoms with Gasteiger partial charge in [0.15, 0.2) is 0 Å². The van der Waals surface area contributed by atoms with Gasteiger partial charge in [-0.25, -0.2) is 8.78 Å². The Balaban J connectivity index is 2.54. The van der Waals surface area contributed by atoms with E-state index in [4.69, 9.17) is 0 Å². The molecule has 0 radical (unpaired) electrons. The van der Waals surface area contributed by atoms with Crippen molar-refractivity contribution in [2.45, 2.75) is 31.7 Å². The first-order valence-corrected chi connectivity index (χ1v) is 5.86. The Morgan fingerprint density at radius 2 is 2.12 bits per heavy atom. The Hall–Kier alpha value is -0.260. The van der Waals surface area contributed by atoms with E-state index in [1.54, 1.807) is 11.9 Å². The third kappa shape index (κ3) is 3.64. The number of hydrogen-bond donors (Lipinski definition) is 2. The predicted octanol–water partition coefficient (Wildman–Crippen LogP) is 0.934. The van der Waals surface area contributed by atoms with E-state index in [1.807, 2.05) is 6.92 Å². The van der Waals surface area contributed by atoms with Crippen LogP contribution in [-0.2, 0) is 0 Å². The van der Waals surface area contributed by atoms with Crippen LogP contribution in [0.15, 0.2) is 0 Å². The topological polar surface area (TPSA) is 35.5 Å². The van der Waals surface area contributed by atoms with Crippen molar-refractivity contribution in [3.8, 4) is 0 Å². The summed E-state index contributed by atoms with van der Waals surface area (Å²) >= 11 is 0. The second-order valence-electron chi connectivity index (χ2n) is 4.71. The molecule has 16 heavy (non-hydrogen) atoms. The molecule has 0 amide bonds. The number of nitrogens with one attached hydrogen (secondary N) is 1. The molecule has 1 rings (SSSR count). The fraction of sp³-hybridized carbons (Fsp3) is 1.00. The Kier molecular flexibility index (Phi) is 5.08. The van der Waals surface area contributed by atoms with E-state index in [2.05, 4.69) is 5.32 Å². The van der Waals surface area contributed by atoms with Crippen molar-refractivity contribution in [2.75, 3.05) is 33.3 Å². The third-order valence-electron chi connectivity index (χ3n) is 3.17. The van der Waals surface area contributed by atoms with E-state index >= 15 is 0 Å². The minimum Gasteiger partial charge on any atom is -0.394 e. The van der Waals surface area contributed by atoms with E-state index in [0.717, 1.165) is 19.4 Å². The number of halogens is 2. The van der Waals surface area contributed by atoms with Crippen LogP contribution in [0.5, 0.6) is 0 Å². The molecule has 0 saturated heterocycles. The van der Waals surface area contributed by atoms with Crippen LogP contribution in [0.4, 0.5) is 8.78 Å². The van der Waals surface area contributed by atoms with E-state index in [0.29, 0.717) is 12.5 Å². The van der Waals surface area contributed by atoms with Crippen molar-refractivity contribution in [2.24, 2.45) is 5.92 Å². The highest BCUT2D eigenvalue weighted by Crippen LogP contribution is 2.39. The summed E-state index contributed by atoms with van der Waals surface area (Å²) in [5.41, 5.74) is -0.390. The maximum absolute atomic E-state index is 12.2. The Labute approximate surface area is 95.8 Å². The molecule has 1 unspecified atom stereocenters. The van der Waals surface area contributed by atoms with Crippen LogP contribution < -0.4 is 5.32 Å². The molecule has 5 heteroatoms. The van der Waals surface area contributed by atoms with Crippen LogP contribution in [0.3, 0.4) is 0 Å². The zero-order valence-corrected chi connectivity index (χ0v) is 10.0. The van der Waals surface area contributed by atoms with Gasteiger partial charge in [0.2, 0.25) is 0 Å². The quantitative estimate of drug-likeness (QED) is 0.658. The molecule has 0 spiro atoms. The standard InChI is InChI=1S/C11H22F2N2O/c1-3-14-11(8-16,9-4-5-9)7-15(2)6-10(12)13/h9-10,14,16H,3-8H2,1-2H3. The van der Waals surface area contributed by atoms with Gasteiger partial charge in [0, 0.05) is 6.54 Å². The molecular formula is C11H22F2N2O. The van der Waals surface area contributed by atoms with Gasteiger partial charge in [-0.15, -0.1) is 0 Å². The van der Waals surface area contributed by atoms with Gasteiger partial charge >= 0.3 is 0 Å². The number of nitrogens with zero attached hydrogens (tertiary/aromatic N) is 1. The maximum Gasteiger partial charge on any atom is 0.251 e. The van der Waals surface area contributed by atoms with Crippen molar-refractivity contribution in [1.29, 1.82) is 0 Å². The SMILES string of the molecule is CCNC(CO)(CN(C)CC(F)F)C1CC1. The molecule has 0 bridgehead atoms. The smallest absolute Gasteiger partial charge is 0.251 e.